The fourth-order valence-corrected chi connectivity index (χ4v) is 2.60. The van der Waals surface area contributed by atoms with Gasteiger partial charge in [-0.15, -0.1) is 0 Å². The summed E-state index contributed by atoms with van der Waals surface area (Å²) in [5, 5.41) is 2.52. The quantitative estimate of drug-likeness (QED) is 0.811. The number of imide groups is 1. The minimum atomic E-state index is -0.888. The number of ether oxygens (including phenoxy) is 1. The Kier molecular flexibility index (Phi) is 4.24. The minimum absolute atomic E-state index is 0.295. The highest BCUT2D eigenvalue weighted by molar-refractivity contribution is 6.06. The van der Waals surface area contributed by atoms with Crippen molar-refractivity contribution in [3.63, 3.8) is 0 Å². The van der Waals surface area contributed by atoms with Crippen LogP contribution in [0.25, 0.3) is 0 Å². The molecule has 0 spiro atoms. The molecule has 8 heteroatoms. The third-order valence-electron chi connectivity index (χ3n) is 3.89. The number of halogens is 1. The van der Waals surface area contributed by atoms with Crippen LogP contribution in [0.4, 0.5) is 9.18 Å². The first-order valence-corrected chi connectivity index (χ1v) is 7.29. The first-order chi connectivity index (χ1) is 11.1. The molecule has 0 radical (unpaired) electrons. The molecule has 3 rings (SSSR count). The second kappa shape index (κ2) is 6.33. The fraction of sp³-hybridized carbons (Fsp3) is 0.400. The highest BCUT2D eigenvalue weighted by Crippen LogP contribution is 2.22. The SMILES string of the molecule is O=C(CN1C(=O)NC(c2ccc(F)cc2)C1=O)N1CCOCC1. The molecule has 0 aromatic heterocycles. The van der Waals surface area contributed by atoms with Gasteiger partial charge in [0.2, 0.25) is 5.91 Å². The summed E-state index contributed by atoms with van der Waals surface area (Å²) in [6, 6.07) is 3.80. The molecule has 2 aliphatic rings. The van der Waals surface area contributed by atoms with Crippen molar-refractivity contribution in [1.82, 2.24) is 15.1 Å². The third-order valence-corrected chi connectivity index (χ3v) is 3.89. The van der Waals surface area contributed by atoms with Crippen molar-refractivity contribution in [2.75, 3.05) is 32.8 Å². The molecule has 4 amide bonds. The van der Waals surface area contributed by atoms with Crippen LogP contribution in [0.15, 0.2) is 24.3 Å². The van der Waals surface area contributed by atoms with Gasteiger partial charge in [-0.3, -0.25) is 14.5 Å². The zero-order valence-electron chi connectivity index (χ0n) is 12.3. The van der Waals surface area contributed by atoms with E-state index in [4.69, 9.17) is 4.74 Å². The molecule has 122 valence electrons. The van der Waals surface area contributed by atoms with E-state index in [9.17, 15) is 18.8 Å². The molecule has 0 saturated carbocycles. The Labute approximate surface area is 132 Å². The number of rotatable bonds is 3. The minimum Gasteiger partial charge on any atom is -0.378 e. The van der Waals surface area contributed by atoms with E-state index in [1.54, 1.807) is 4.90 Å². The molecule has 0 aliphatic carbocycles. The molecule has 23 heavy (non-hydrogen) atoms. The summed E-state index contributed by atoms with van der Waals surface area (Å²) in [5.41, 5.74) is 0.478. The summed E-state index contributed by atoms with van der Waals surface area (Å²) in [6.45, 7) is 1.49. The third kappa shape index (κ3) is 3.16. The largest absolute Gasteiger partial charge is 0.378 e. The molecular weight excluding hydrogens is 305 g/mol. The maximum Gasteiger partial charge on any atom is 0.325 e. The van der Waals surface area contributed by atoms with Crippen molar-refractivity contribution in [2.24, 2.45) is 0 Å². The molecule has 1 atom stereocenters. The van der Waals surface area contributed by atoms with E-state index >= 15 is 0 Å². The van der Waals surface area contributed by atoms with E-state index in [0.29, 0.717) is 31.9 Å². The molecule has 2 fully saturated rings. The highest BCUT2D eigenvalue weighted by atomic mass is 19.1. The van der Waals surface area contributed by atoms with Crippen LogP contribution >= 0.6 is 0 Å². The van der Waals surface area contributed by atoms with Gasteiger partial charge in [0.1, 0.15) is 18.4 Å². The molecular formula is C15H16FN3O4. The Morgan fingerprint density at radius 3 is 2.52 bits per heavy atom. The number of amides is 4. The summed E-state index contributed by atoms with van der Waals surface area (Å²) in [6.07, 6.45) is 0. The number of morpholine rings is 1. The van der Waals surface area contributed by atoms with Gasteiger partial charge in [-0.25, -0.2) is 9.18 Å². The van der Waals surface area contributed by atoms with Crippen LogP contribution in [0, 0.1) is 5.82 Å². The molecule has 1 N–H and O–H groups in total. The van der Waals surface area contributed by atoms with Crippen molar-refractivity contribution < 1.29 is 23.5 Å². The van der Waals surface area contributed by atoms with Crippen molar-refractivity contribution in [2.45, 2.75) is 6.04 Å². The van der Waals surface area contributed by atoms with Gasteiger partial charge in [0.25, 0.3) is 5.91 Å². The van der Waals surface area contributed by atoms with Gasteiger partial charge in [-0.05, 0) is 17.7 Å². The molecule has 1 unspecified atom stereocenters. The Hall–Kier alpha value is -2.48. The van der Waals surface area contributed by atoms with E-state index in [2.05, 4.69) is 5.32 Å². The second-order valence-electron chi connectivity index (χ2n) is 5.35. The van der Waals surface area contributed by atoms with Crippen molar-refractivity contribution in [1.29, 1.82) is 0 Å². The van der Waals surface area contributed by atoms with Gasteiger partial charge in [0.15, 0.2) is 0 Å². The predicted molar refractivity (Wildman–Crippen MR) is 76.8 cm³/mol. The van der Waals surface area contributed by atoms with Crippen molar-refractivity contribution in [3.05, 3.63) is 35.6 Å². The lowest BCUT2D eigenvalue weighted by molar-refractivity contribution is -0.140. The summed E-state index contributed by atoms with van der Waals surface area (Å²) in [4.78, 5) is 39.0. The number of hydrogen-bond acceptors (Lipinski definition) is 4. The number of urea groups is 1. The molecule has 0 bridgehead atoms. The predicted octanol–water partition coefficient (Wildman–Crippen LogP) is 0.277. The van der Waals surface area contributed by atoms with Gasteiger partial charge in [0.05, 0.1) is 13.2 Å². The molecule has 1 aromatic rings. The van der Waals surface area contributed by atoms with Gasteiger partial charge < -0.3 is 15.0 Å². The lowest BCUT2D eigenvalue weighted by atomic mass is 10.1. The molecule has 2 saturated heterocycles. The smallest absolute Gasteiger partial charge is 0.325 e. The average molecular weight is 321 g/mol. The zero-order valence-corrected chi connectivity index (χ0v) is 12.3. The van der Waals surface area contributed by atoms with Crippen LogP contribution < -0.4 is 5.32 Å². The Morgan fingerprint density at radius 1 is 1.22 bits per heavy atom. The molecule has 2 heterocycles. The molecule has 1 aromatic carbocycles. The first kappa shape index (κ1) is 15.4. The molecule has 7 nitrogen and oxygen atoms in total. The van der Waals surface area contributed by atoms with E-state index in [-0.39, 0.29) is 12.5 Å². The van der Waals surface area contributed by atoms with Crippen molar-refractivity contribution >= 4 is 17.8 Å². The maximum absolute atomic E-state index is 13.0. The van der Waals surface area contributed by atoms with Crippen LogP contribution in [0.5, 0.6) is 0 Å². The van der Waals surface area contributed by atoms with E-state index in [1.165, 1.54) is 24.3 Å². The highest BCUT2D eigenvalue weighted by Gasteiger charge is 2.40. The Balaban J connectivity index is 1.68. The van der Waals surface area contributed by atoms with Crippen LogP contribution in [-0.2, 0) is 14.3 Å². The van der Waals surface area contributed by atoms with E-state index < -0.39 is 23.8 Å². The number of nitrogens with one attached hydrogen (secondary N) is 1. The Bertz CT molecular complexity index is 628. The van der Waals surface area contributed by atoms with Gasteiger partial charge in [-0.2, -0.15) is 0 Å². The molecule has 2 aliphatic heterocycles. The first-order valence-electron chi connectivity index (χ1n) is 7.29. The van der Waals surface area contributed by atoms with Crippen LogP contribution in [0.2, 0.25) is 0 Å². The average Bonchev–Trinajstić information content (AvgIpc) is 2.84. The van der Waals surface area contributed by atoms with E-state index in [0.717, 1.165) is 4.90 Å². The number of carbonyl (C=O) groups excluding carboxylic acids is 3. The normalized spacial score (nSPS) is 21.5. The van der Waals surface area contributed by atoms with Gasteiger partial charge in [0, 0.05) is 13.1 Å². The standard InChI is InChI=1S/C15H16FN3O4/c16-11-3-1-10(2-4-11)13-14(21)19(15(22)17-13)9-12(20)18-5-7-23-8-6-18/h1-4,13H,5-9H2,(H,17,22). The monoisotopic (exact) mass is 321 g/mol. The Morgan fingerprint density at radius 2 is 1.87 bits per heavy atom. The van der Waals surface area contributed by atoms with Crippen LogP contribution in [-0.4, -0.2) is 60.5 Å². The number of benzene rings is 1. The number of nitrogens with zero attached hydrogens (tertiary/aromatic N) is 2. The van der Waals surface area contributed by atoms with Gasteiger partial charge in [-0.1, -0.05) is 12.1 Å². The van der Waals surface area contributed by atoms with Crippen molar-refractivity contribution in [3.8, 4) is 0 Å². The van der Waals surface area contributed by atoms with Gasteiger partial charge >= 0.3 is 6.03 Å². The lowest BCUT2D eigenvalue weighted by Gasteiger charge is -2.28. The summed E-state index contributed by atoms with van der Waals surface area (Å²) in [5.74, 6) is -1.23. The lowest BCUT2D eigenvalue weighted by Crippen LogP contribution is -2.47. The summed E-state index contributed by atoms with van der Waals surface area (Å²) in [7, 11) is 0. The van der Waals surface area contributed by atoms with Crippen LogP contribution in [0.3, 0.4) is 0 Å². The fourth-order valence-electron chi connectivity index (χ4n) is 2.60. The zero-order chi connectivity index (χ0) is 16.4. The number of hydrogen-bond donors (Lipinski definition) is 1. The summed E-state index contributed by atoms with van der Waals surface area (Å²) < 4.78 is 18.1. The van der Waals surface area contributed by atoms with E-state index in [1.807, 2.05) is 0 Å². The van der Waals surface area contributed by atoms with Crippen LogP contribution in [0.1, 0.15) is 11.6 Å². The second-order valence-corrected chi connectivity index (χ2v) is 5.35. The summed E-state index contributed by atoms with van der Waals surface area (Å²) >= 11 is 0. The number of carbonyl (C=O) groups is 3. The maximum atomic E-state index is 13.0. The topological polar surface area (TPSA) is 79.0 Å².